The third kappa shape index (κ3) is 4.51. The van der Waals surface area contributed by atoms with E-state index >= 15 is 0 Å². The number of amides is 1. The Morgan fingerprint density at radius 1 is 1.39 bits per heavy atom. The van der Waals surface area contributed by atoms with E-state index in [1.54, 1.807) is 0 Å². The van der Waals surface area contributed by atoms with Crippen molar-refractivity contribution in [3.05, 3.63) is 27.1 Å². The van der Waals surface area contributed by atoms with Crippen LogP contribution in [-0.4, -0.2) is 62.1 Å². The maximum Gasteiger partial charge on any atom is 0.407 e. The lowest BCUT2D eigenvalue weighted by Crippen LogP contribution is -2.49. The van der Waals surface area contributed by atoms with E-state index in [1.165, 1.54) is 12.3 Å². The fraction of sp³-hybridized carbons (Fsp3) is 0.467. The Labute approximate surface area is 163 Å². The van der Waals surface area contributed by atoms with Crippen LogP contribution >= 0.6 is 15.9 Å². The summed E-state index contributed by atoms with van der Waals surface area (Å²) in [6, 6.07) is 0.633. The smallest absolute Gasteiger partial charge is 0.407 e. The fourth-order valence-electron chi connectivity index (χ4n) is 3.00. The summed E-state index contributed by atoms with van der Waals surface area (Å²) in [6.45, 7) is -1.83. The molecule has 0 radical (unpaired) electrons. The van der Waals surface area contributed by atoms with Gasteiger partial charge in [-0.05, 0) is 22.0 Å². The van der Waals surface area contributed by atoms with E-state index in [0.29, 0.717) is 4.57 Å². The number of nitrogens with zero attached hydrogens (tertiary/aromatic N) is 4. The zero-order valence-corrected chi connectivity index (χ0v) is 15.7. The van der Waals surface area contributed by atoms with Gasteiger partial charge in [0, 0.05) is 30.6 Å². The number of piperidine rings is 1. The first kappa shape index (κ1) is 20.3. The Bertz CT molecular complexity index is 967. The van der Waals surface area contributed by atoms with Crippen LogP contribution in [0.25, 0.3) is 11.0 Å². The molecule has 2 aromatic heterocycles. The van der Waals surface area contributed by atoms with Crippen LogP contribution in [0.5, 0.6) is 0 Å². The molecular weight excluding hydrogens is 454 g/mol. The van der Waals surface area contributed by atoms with Gasteiger partial charge < -0.3 is 15.3 Å². The van der Waals surface area contributed by atoms with Gasteiger partial charge in [0.25, 0.3) is 5.56 Å². The van der Waals surface area contributed by atoms with Crippen LogP contribution in [0, 0.1) is 0 Å². The Kier molecular flexibility index (Phi) is 5.46. The number of rotatable bonds is 3. The molecule has 1 fully saturated rings. The van der Waals surface area contributed by atoms with Crippen molar-refractivity contribution < 1.29 is 27.5 Å². The molecule has 2 N–H and O–H groups in total. The zero-order valence-electron chi connectivity index (χ0n) is 14.1. The topological polar surface area (TPSA) is 100 Å². The third-order valence-electron chi connectivity index (χ3n) is 4.12. The van der Waals surface area contributed by atoms with Crippen LogP contribution in [0.3, 0.4) is 0 Å². The summed E-state index contributed by atoms with van der Waals surface area (Å²) in [6.07, 6.45) is -6.12. The summed E-state index contributed by atoms with van der Waals surface area (Å²) in [5.41, 5.74) is -1.15. The van der Waals surface area contributed by atoms with Crippen LogP contribution in [0.15, 0.2) is 21.5 Å². The van der Waals surface area contributed by atoms with Gasteiger partial charge >= 0.3 is 12.3 Å². The molecule has 1 aliphatic rings. The van der Waals surface area contributed by atoms with Gasteiger partial charge in [-0.15, -0.1) is 0 Å². The molecule has 1 saturated heterocycles. The number of aromatic nitrogens is 3. The highest BCUT2D eigenvalue weighted by molar-refractivity contribution is 9.10. The lowest BCUT2D eigenvalue weighted by atomic mass is 10.0. The standard InChI is InChI=1S/C15H14BrF4N5O3/c16-10-1-7-3-21-13(22-9-2-8(17)4-24(5-9)14(27)28)23-11(7)25(12(10)26)6-15(18,19)20/h1,3,8-9H,2,4-6H2,(H,27,28)(H,21,22,23)/t8-,9-/m0/s1. The van der Waals surface area contributed by atoms with Crippen molar-refractivity contribution in [3.8, 4) is 0 Å². The van der Waals surface area contributed by atoms with E-state index in [4.69, 9.17) is 5.11 Å². The van der Waals surface area contributed by atoms with Crippen LogP contribution < -0.4 is 10.9 Å². The highest BCUT2D eigenvalue weighted by Crippen LogP contribution is 2.23. The fourth-order valence-corrected chi connectivity index (χ4v) is 3.46. The van der Waals surface area contributed by atoms with Crippen molar-refractivity contribution in [1.82, 2.24) is 19.4 Å². The Morgan fingerprint density at radius 3 is 2.75 bits per heavy atom. The molecule has 8 nitrogen and oxygen atoms in total. The lowest BCUT2D eigenvalue weighted by Gasteiger charge is -2.33. The second-order valence-electron chi connectivity index (χ2n) is 6.33. The summed E-state index contributed by atoms with van der Waals surface area (Å²) in [5.74, 6) is -0.130. The van der Waals surface area contributed by atoms with Gasteiger partial charge in [0.2, 0.25) is 5.95 Å². The van der Waals surface area contributed by atoms with Gasteiger partial charge in [-0.1, -0.05) is 0 Å². The molecule has 1 aliphatic heterocycles. The molecule has 0 spiro atoms. The minimum absolute atomic E-state index is 0.0130. The molecule has 2 atom stereocenters. The minimum Gasteiger partial charge on any atom is -0.465 e. The number of likely N-dealkylation sites (tertiary alicyclic amines) is 1. The second kappa shape index (κ2) is 7.53. The molecule has 28 heavy (non-hydrogen) atoms. The average molecular weight is 468 g/mol. The number of hydrogen-bond donors (Lipinski definition) is 2. The summed E-state index contributed by atoms with van der Waals surface area (Å²) >= 11 is 2.92. The van der Waals surface area contributed by atoms with Gasteiger partial charge in [0.1, 0.15) is 18.4 Å². The molecule has 0 bridgehead atoms. The first-order valence-corrected chi connectivity index (χ1v) is 8.84. The average Bonchev–Trinajstić information content (AvgIpc) is 2.58. The van der Waals surface area contributed by atoms with Crippen molar-refractivity contribution in [2.45, 2.75) is 31.4 Å². The van der Waals surface area contributed by atoms with Crippen LogP contribution in [-0.2, 0) is 6.54 Å². The van der Waals surface area contributed by atoms with E-state index in [0.717, 1.165) is 4.90 Å². The number of carboxylic acid groups (broad SMARTS) is 1. The van der Waals surface area contributed by atoms with Gasteiger partial charge in [-0.3, -0.25) is 9.36 Å². The molecule has 152 valence electrons. The van der Waals surface area contributed by atoms with Gasteiger partial charge in [-0.2, -0.15) is 18.2 Å². The Balaban J connectivity index is 1.95. The van der Waals surface area contributed by atoms with Crippen molar-refractivity contribution in [3.63, 3.8) is 0 Å². The van der Waals surface area contributed by atoms with Gasteiger partial charge in [-0.25, -0.2) is 14.2 Å². The van der Waals surface area contributed by atoms with Crippen molar-refractivity contribution in [1.29, 1.82) is 0 Å². The summed E-state index contributed by atoms with van der Waals surface area (Å²) in [7, 11) is 0. The molecule has 0 unspecified atom stereocenters. The summed E-state index contributed by atoms with van der Waals surface area (Å²) in [5, 5.41) is 12.0. The van der Waals surface area contributed by atoms with Gasteiger partial charge in [0.05, 0.1) is 11.0 Å². The monoisotopic (exact) mass is 467 g/mol. The Hall–Kier alpha value is -2.44. The number of fused-ring (bicyclic) bond motifs is 1. The molecule has 13 heteroatoms. The van der Waals surface area contributed by atoms with Crippen molar-refractivity contribution in [2.24, 2.45) is 0 Å². The quantitative estimate of drug-likeness (QED) is 0.673. The maximum absolute atomic E-state index is 13.8. The molecule has 1 amide bonds. The third-order valence-corrected chi connectivity index (χ3v) is 4.69. The molecule has 3 rings (SSSR count). The highest BCUT2D eigenvalue weighted by Gasteiger charge is 2.31. The largest absolute Gasteiger partial charge is 0.465 e. The minimum atomic E-state index is -4.65. The predicted octanol–water partition coefficient (Wildman–Crippen LogP) is 2.62. The number of nitrogens with one attached hydrogen (secondary N) is 1. The molecule has 2 aromatic rings. The molecule has 0 saturated carbocycles. The van der Waals surface area contributed by atoms with Gasteiger partial charge in [0.15, 0.2) is 0 Å². The second-order valence-corrected chi connectivity index (χ2v) is 7.19. The summed E-state index contributed by atoms with van der Waals surface area (Å²) in [4.78, 5) is 32.1. The van der Waals surface area contributed by atoms with E-state index in [9.17, 15) is 27.2 Å². The van der Waals surface area contributed by atoms with Crippen molar-refractivity contribution >= 4 is 39.0 Å². The highest BCUT2D eigenvalue weighted by atomic mass is 79.9. The van der Waals surface area contributed by atoms with Crippen LogP contribution in [0.2, 0.25) is 0 Å². The first-order chi connectivity index (χ1) is 13.0. The number of alkyl halides is 4. The maximum atomic E-state index is 13.8. The molecule has 0 aromatic carbocycles. The van der Waals surface area contributed by atoms with E-state index in [-0.39, 0.29) is 41.0 Å². The van der Waals surface area contributed by atoms with Crippen molar-refractivity contribution in [2.75, 3.05) is 18.4 Å². The normalized spacial score (nSPS) is 20.4. The van der Waals surface area contributed by atoms with E-state index < -0.39 is 36.6 Å². The number of hydrogen-bond acceptors (Lipinski definition) is 5. The number of halogens is 5. The predicted molar refractivity (Wildman–Crippen MR) is 94.1 cm³/mol. The number of carbonyl (C=O) groups is 1. The molecular formula is C15H14BrF4N5O3. The molecule has 0 aliphatic carbocycles. The van der Waals surface area contributed by atoms with E-state index in [2.05, 4.69) is 31.2 Å². The first-order valence-electron chi connectivity index (χ1n) is 8.05. The van der Waals surface area contributed by atoms with Crippen LogP contribution in [0.1, 0.15) is 6.42 Å². The number of pyridine rings is 1. The SMILES string of the molecule is O=C(O)N1C[C@@H](F)C[C@H](Nc2ncc3cc(Br)c(=O)n(CC(F)(F)F)c3n2)C1. The molecule has 3 heterocycles. The number of anilines is 1. The van der Waals surface area contributed by atoms with E-state index in [1.807, 2.05) is 0 Å². The summed E-state index contributed by atoms with van der Waals surface area (Å²) < 4.78 is 52.8. The Morgan fingerprint density at radius 2 is 2.11 bits per heavy atom. The van der Waals surface area contributed by atoms with Crippen LogP contribution in [0.4, 0.5) is 28.3 Å². The zero-order chi connectivity index (χ0) is 20.6. The lowest BCUT2D eigenvalue weighted by molar-refractivity contribution is -0.140.